The smallest absolute Gasteiger partial charge is 0.329 e. The van der Waals surface area contributed by atoms with Gasteiger partial charge in [-0.3, -0.25) is 14.5 Å². The average Bonchev–Trinajstić information content (AvgIpc) is 2.37. The summed E-state index contributed by atoms with van der Waals surface area (Å²) in [6.45, 7) is -1.03. The van der Waals surface area contributed by atoms with Gasteiger partial charge in [-0.25, -0.2) is 4.79 Å². The Labute approximate surface area is 108 Å². The lowest BCUT2D eigenvalue weighted by atomic mass is 10.2. The number of nitrogens with one attached hydrogen (secondary N) is 1. The van der Waals surface area contributed by atoms with Crippen LogP contribution in [0.4, 0.5) is 11.4 Å². The molecule has 7 heteroatoms. The first-order chi connectivity index (χ1) is 9.08. The highest BCUT2D eigenvalue weighted by molar-refractivity contribution is 6.10. The number of carboxylic acid groups (broad SMARTS) is 1. The highest BCUT2D eigenvalue weighted by Gasteiger charge is 2.26. The molecular weight excluding hydrogens is 252 g/mol. The highest BCUT2D eigenvalue weighted by atomic mass is 16.5. The van der Waals surface area contributed by atoms with Crippen LogP contribution in [0, 0.1) is 0 Å². The molecule has 1 aliphatic rings. The van der Waals surface area contributed by atoms with Crippen LogP contribution in [0.2, 0.25) is 0 Å². The molecule has 1 heterocycles. The van der Waals surface area contributed by atoms with Gasteiger partial charge in [-0.05, 0) is 12.1 Å². The summed E-state index contributed by atoms with van der Waals surface area (Å²) in [4.78, 5) is 35.0. The number of amides is 2. The molecule has 0 atom stereocenters. The van der Waals surface area contributed by atoms with E-state index in [4.69, 9.17) is 9.84 Å². The van der Waals surface area contributed by atoms with E-state index in [1.807, 2.05) is 0 Å². The number of anilines is 2. The van der Waals surface area contributed by atoms with E-state index in [1.165, 1.54) is 4.90 Å². The van der Waals surface area contributed by atoms with E-state index in [2.05, 4.69) is 5.32 Å². The second-order valence-electron chi connectivity index (χ2n) is 3.93. The molecule has 2 N–H and O–H groups in total. The van der Waals surface area contributed by atoms with Crippen LogP contribution in [0.3, 0.4) is 0 Å². The molecule has 0 saturated carbocycles. The van der Waals surface area contributed by atoms with E-state index in [1.54, 1.807) is 24.3 Å². The van der Waals surface area contributed by atoms with E-state index in [0.717, 1.165) is 0 Å². The van der Waals surface area contributed by atoms with Crippen molar-refractivity contribution in [1.82, 2.24) is 0 Å². The van der Waals surface area contributed by atoms with Crippen molar-refractivity contribution in [2.45, 2.75) is 0 Å². The number of aliphatic carboxylic acids is 1. The molecular formula is C12H12N2O5. The number of carbonyl (C=O) groups excluding carboxylic acids is 2. The molecule has 0 saturated heterocycles. The van der Waals surface area contributed by atoms with Crippen LogP contribution >= 0.6 is 0 Å². The fourth-order valence-electron chi connectivity index (χ4n) is 1.76. The van der Waals surface area contributed by atoms with Gasteiger partial charge in [0.05, 0.1) is 11.4 Å². The van der Waals surface area contributed by atoms with E-state index in [-0.39, 0.29) is 19.1 Å². The van der Waals surface area contributed by atoms with Gasteiger partial charge in [0.15, 0.2) is 0 Å². The number of nitrogens with zero attached hydrogens (tertiary/aromatic N) is 1. The van der Waals surface area contributed by atoms with Crippen LogP contribution in [-0.2, 0) is 19.1 Å². The Hall–Kier alpha value is -2.41. The molecule has 1 aromatic carbocycles. The number of benzene rings is 1. The fraction of sp³-hybridized carbons (Fsp3) is 0.250. The molecule has 1 aliphatic heterocycles. The van der Waals surface area contributed by atoms with E-state index in [0.29, 0.717) is 11.4 Å². The molecule has 0 radical (unpaired) electrons. The first-order valence-electron chi connectivity index (χ1n) is 5.56. The summed E-state index contributed by atoms with van der Waals surface area (Å²) >= 11 is 0. The first kappa shape index (κ1) is 13.0. The lowest BCUT2D eigenvalue weighted by Crippen LogP contribution is -2.43. The Morgan fingerprint density at radius 3 is 2.79 bits per heavy atom. The largest absolute Gasteiger partial charge is 0.480 e. The number of para-hydroxylation sites is 2. The van der Waals surface area contributed by atoms with Crippen molar-refractivity contribution in [3.05, 3.63) is 24.3 Å². The third-order valence-electron chi connectivity index (χ3n) is 2.52. The number of hydrogen-bond acceptors (Lipinski definition) is 4. The molecule has 0 aliphatic carbocycles. The number of rotatable bonds is 4. The lowest BCUT2D eigenvalue weighted by Gasteiger charge is -2.28. The standard InChI is InChI=1S/C12H12N2O5/c15-10-5-14(11(16)6-19-7-12(17)18)9-4-2-1-3-8(9)13-10/h1-4H,5-7H2,(H,13,15)(H,17,18). The van der Waals surface area contributed by atoms with Gasteiger partial charge in [-0.2, -0.15) is 0 Å². The molecule has 100 valence electrons. The maximum atomic E-state index is 11.9. The Kier molecular flexibility index (Phi) is 3.76. The number of fused-ring (bicyclic) bond motifs is 1. The fourth-order valence-corrected chi connectivity index (χ4v) is 1.76. The predicted octanol–water partition coefficient (Wildman–Crippen LogP) is 0.0729. The zero-order valence-electron chi connectivity index (χ0n) is 9.96. The summed E-state index contributed by atoms with van der Waals surface area (Å²) < 4.78 is 4.74. The second-order valence-corrected chi connectivity index (χ2v) is 3.93. The molecule has 2 amide bonds. The third kappa shape index (κ3) is 3.08. The monoisotopic (exact) mass is 264 g/mol. The normalized spacial score (nSPS) is 13.7. The Bertz CT molecular complexity index is 529. The zero-order valence-corrected chi connectivity index (χ0v) is 9.96. The van der Waals surface area contributed by atoms with E-state index in [9.17, 15) is 14.4 Å². The maximum Gasteiger partial charge on any atom is 0.329 e. The summed E-state index contributed by atoms with van der Waals surface area (Å²) in [5, 5.41) is 11.1. The molecule has 2 rings (SSSR count). The van der Waals surface area contributed by atoms with Crippen molar-refractivity contribution in [2.75, 3.05) is 30.0 Å². The molecule has 0 spiro atoms. The van der Waals surface area contributed by atoms with Gasteiger partial charge in [-0.15, -0.1) is 0 Å². The second kappa shape index (κ2) is 5.49. The van der Waals surface area contributed by atoms with Crippen molar-refractivity contribution in [3.63, 3.8) is 0 Å². The number of carboxylic acids is 1. The minimum absolute atomic E-state index is 0.105. The van der Waals surface area contributed by atoms with Crippen molar-refractivity contribution >= 4 is 29.2 Å². The minimum Gasteiger partial charge on any atom is -0.480 e. The Morgan fingerprint density at radius 1 is 1.32 bits per heavy atom. The zero-order chi connectivity index (χ0) is 13.8. The third-order valence-corrected chi connectivity index (χ3v) is 2.52. The topological polar surface area (TPSA) is 95.9 Å². The number of ether oxygens (including phenoxy) is 1. The van der Waals surface area contributed by atoms with E-state index < -0.39 is 18.5 Å². The summed E-state index contributed by atoms with van der Waals surface area (Å²) in [6, 6.07) is 6.87. The van der Waals surface area contributed by atoms with Crippen LogP contribution in [0.5, 0.6) is 0 Å². The minimum atomic E-state index is -1.15. The van der Waals surface area contributed by atoms with Crippen LogP contribution in [0.25, 0.3) is 0 Å². The predicted molar refractivity (Wildman–Crippen MR) is 65.9 cm³/mol. The number of carbonyl (C=O) groups is 3. The van der Waals surface area contributed by atoms with Crippen LogP contribution in [0.1, 0.15) is 0 Å². The van der Waals surface area contributed by atoms with Crippen molar-refractivity contribution in [2.24, 2.45) is 0 Å². The van der Waals surface area contributed by atoms with Gasteiger partial charge in [0, 0.05) is 0 Å². The molecule has 0 aromatic heterocycles. The van der Waals surface area contributed by atoms with Crippen molar-refractivity contribution < 1.29 is 24.2 Å². The molecule has 1 aromatic rings. The quantitative estimate of drug-likeness (QED) is 0.802. The summed E-state index contributed by atoms with van der Waals surface area (Å²) in [5.41, 5.74) is 1.12. The van der Waals surface area contributed by atoms with Gasteiger partial charge >= 0.3 is 5.97 Å². The summed E-state index contributed by atoms with van der Waals surface area (Å²) in [5.74, 6) is -1.90. The van der Waals surface area contributed by atoms with Gasteiger partial charge < -0.3 is 15.2 Å². The first-order valence-corrected chi connectivity index (χ1v) is 5.56. The molecule has 0 fully saturated rings. The van der Waals surface area contributed by atoms with Crippen LogP contribution in [0.15, 0.2) is 24.3 Å². The number of hydrogen-bond donors (Lipinski definition) is 2. The van der Waals surface area contributed by atoms with Gasteiger partial charge in [0.1, 0.15) is 19.8 Å². The summed E-state index contributed by atoms with van der Waals surface area (Å²) in [7, 11) is 0. The molecule has 0 unspecified atom stereocenters. The Morgan fingerprint density at radius 2 is 2.05 bits per heavy atom. The van der Waals surface area contributed by atoms with Gasteiger partial charge in [0.25, 0.3) is 5.91 Å². The lowest BCUT2D eigenvalue weighted by molar-refractivity contribution is -0.143. The van der Waals surface area contributed by atoms with Crippen LogP contribution in [-0.4, -0.2) is 42.6 Å². The van der Waals surface area contributed by atoms with Gasteiger partial charge in [0.2, 0.25) is 5.91 Å². The summed E-state index contributed by atoms with van der Waals surface area (Å²) in [6.07, 6.45) is 0. The van der Waals surface area contributed by atoms with Gasteiger partial charge in [-0.1, -0.05) is 12.1 Å². The molecule has 0 bridgehead atoms. The molecule has 19 heavy (non-hydrogen) atoms. The van der Waals surface area contributed by atoms with Crippen molar-refractivity contribution in [1.29, 1.82) is 0 Å². The van der Waals surface area contributed by atoms with Crippen molar-refractivity contribution in [3.8, 4) is 0 Å². The Balaban J connectivity index is 2.09. The average molecular weight is 264 g/mol. The van der Waals surface area contributed by atoms with E-state index >= 15 is 0 Å². The SMILES string of the molecule is O=C(O)COCC(=O)N1CC(=O)Nc2ccccc21. The maximum absolute atomic E-state index is 11.9. The van der Waals surface area contributed by atoms with Crippen LogP contribution < -0.4 is 10.2 Å². The highest BCUT2D eigenvalue weighted by Crippen LogP contribution is 2.28. The molecule has 7 nitrogen and oxygen atoms in total.